The average molecular weight is 332 g/mol. The van der Waals surface area contributed by atoms with E-state index in [0.717, 1.165) is 0 Å². The van der Waals surface area contributed by atoms with Gasteiger partial charge in [0.2, 0.25) is 0 Å². The minimum Gasteiger partial charge on any atom is -0.475 e. The number of aromatic amines is 1. The second kappa shape index (κ2) is 7.12. The first-order valence-electron chi connectivity index (χ1n) is 7.47. The number of aromatic nitrogens is 3. The number of pyridine rings is 1. The number of nitrogens with zero attached hydrogens (tertiary/aromatic N) is 2. The van der Waals surface area contributed by atoms with Crippen LogP contribution in [0.4, 0.5) is 11.5 Å². The van der Waals surface area contributed by atoms with Crippen LogP contribution in [0, 0.1) is 6.92 Å². The second-order valence-corrected chi connectivity index (χ2v) is 5.59. The smallest absolute Gasteiger partial charge is 0.349 e. The van der Waals surface area contributed by atoms with Crippen LogP contribution in [-0.4, -0.2) is 33.4 Å². The Morgan fingerprint density at radius 1 is 1.38 bits per heavy atom. The van der Waals surface area contributed by atoms with Crippen molar-refractivity contribution in [3.05, 3.63) is 40.4 Å². The van der Waals surface area contributed by atoms with E-state index in [1.54, 1.807) is 45.9 Å². The Morgan fingerprint density at radius 3 is 2.75 bits per heavy atom. The summed E-state index contributed by atoms with van der Waals surface area (Å²) in [6.45, 7) is 7.03. The molecule has 0 aliphatic rings. The van der Waals surface area contributed by atoms with Gasteiger partial charge in [-0.05, 0) is 45.9 Å². The standard InChI is InChI=1S/C16H20N4O4/c1-5-23-15(22)16(3,4)24-11-6-7-13(17-9-11)18-12-8-10(2)19-20-14(12)21/h6-9H,5H2,1-4H3,(H,20,21)(H,17,18,19). The summed E-state index contributed by atoms with van der Waals surface area (Å²) < 4.78 is 10.6. The second-order valence-electron chi connectivity index (χ2n) is 5.59. The predicted octanol–water partition coefficient (Wildman–Crippen LogP) is 1.94. The van der Waals surface area contributed by atoms with Crippen molar-refractivity contribution in [1.82, 2.24) is 15.2 Å². The zero-order chi connectivity index (χ0) is 17.7. The lowest BCUT2D eigenvalue weighted by atomic mass is 10.1. The van der Waals surface area contributed by atoms with E-state index in [9.17, 15) is 9.59 Å². The number of anilines is 2. The molecule has 0 amide bonds. The highest BCUT2D eigenvalue weighted by Gasteiger charge is 2.31. The Balaban J connectivity index is 2.09. The molecule has 0 fully saturated rings. The summed E-state index contributed by atoms with van der Waals surface area (Å²) in [7, 11) is 0. The molecular formula is C16H20N4O4. The Labute approximate surface area is 139 Å². The van der Waals surface area contributed by atoms with E-state index in [0.29, 0.717) is 22.9 Å². The molecule has 0 aliphatic heterocycles. The molecule has 0 aromatic carbocycles. The highest BCUT2D eigenvalue weighted by atomic mass is 16.6. The fourth-order valence-electron chi connectivity index (χ4n) is 1.89. The van der Waals surface area contributed by atoms with Gasteiger partial charge >= 0.3 is 5.97 Å². The molecular weight excluding hydrogens is 312 g/mol. The molecule has 0 spiro atoms. The number of nitrogens with one attached hydrogen (secondary N) is 2. The van der Waals surface area contributed by atoms with Gasteiger partial charge < -0.3 is 14.8 Å². The van der Waals surface area contributed by atoms with E-state index in [2.05, 4.69) is 20.5 Å². The first-order chi connectivity index (χ1) is 11.3. The Kier molecular flexibility index (Phi) is 5.18. The lowest BCUT2D eigenvalue weighted by Crippen LogP contribution is -2.39. The first kappa shape index (κ1) is 17.5. The molecule has 2 aromatic rings. The maximum absolute atomic E-state index is 11.8. The molecule has 2 rings (SSSR count). The molecule has 8 heteroatoms. The van der Waals surface area contributed by atoms with Crippen LogP contribution >= 0.6 is 0 Å². The number of aryl methyl sites for hydroxylation is 1. The number of carbonyl (C=O) groups excluding carboxylic acids is 1. The maximum atomic E-state index is 11.8. The maximum Gasteiger partial charge on any atom is 0.349 e. The van der Waals surface area contributed by atoms with Crippen LogP contribution in [0.3, 0.4) is 0 Å². The van der Waals surface area contributed by atoms with Crippen LogP contribution in [0.25, 0.3) is 0 Å². The Bertz CT molecular complexity index is 768. The highest BCUT2D eigenvalue weighted by Crippen LogP contribution is 2.21. The van der Waals surface area contributed by atoms with Crippen molar-refractivity contribution in [3.8, 4) is 5.75 Å². The number of rotatable bonds is 6. The van der Waals surface area contributed by atoms with Gasteiger partial charge in [-0.2, -0.15) is 5.10 Å². The highest BCUT2D eigenvalue weighted by molar-refractivity contribution is 5.79. The fourth-order valence-corrected chi connectivity index (χ4v) is 1.89. The van der Waals surface area contributed by atoms with Crippen molar-refractivity contribution < 1.29 is 14.3 Å². The topological polar surface area (TPSA) is 106 Å². The van der Waals surface area contributed by atoms with Gasteiger partial charge in [-0.3, -0.25) is 4.79 Å². The van der Waals surface area contributed by atoms with Crippen LogP contribution in [0.2, 0.25) is 0 Å². The van der Waals surface area contributed by atoms with Gasteiger partial charge in [0.05, 0.1) is 18.5 Å². The summed E-state index contributed by atoms with van der Waals surface area (Å²) >= 11 is 0. The van der Waals surface area contributed by atoms with Crippen LogP contribution in [0.5, 0.6) is 5.75 Å². The summed E-state index contributed by atoms with van der Waals surface area (Å²) in [6.07, 6.45) is 1.46. The molecule has 2 heterocycles. The molecule has 8 nitrogen and oxygen atoms in total. The number of hydrogen-bond donors (Lipinski definition) is 2. The zero-order valence-corrected chi connectivity index (χ0v) is 14.0. The Morgan fingerprint density at radius 2 is 2.12 bits per heavy atom. The summed E-state index contributed by atoms with van der Waals surface area (Å²) in [5, 5.41) is 9.09. The van der Waals surface area contributed by atoms with Crippen LogP contribution in [0.1, 0.15) is 26.5 Å². The minimum absolute atomic E-state index is 0.284. The quantitative estimate of drug-likeness (QED) is 0.779. The van der Waals surface area contributed by atoms with Gasteiger partial charge in [0, 0.05) is 0 Å². The normalized spacial score (nSPS) is 11.0. The van der Waals surface area contributed by atoms with E-state index in [1.165, 1.54) is 6.20 Å². The van der Waals surface area contributed by atoms with Gasteiger partial charge in [-0.1, -0.05) is 0 Å². The molecule has 0 saturated carbocycles. The summed E-state index contributed by atoms with van der Waals surface area (Å²) in [5.41, 5.74) is -0.443. The van der Waals surface area contributed by atoms with Gasteiger partial charge in [0.1, 0.15) is 17.3 Å². The van der Waals surface area contributed by atoms with Crippen molar-refractivity contribution in [1.29, 1.82) is 0 Å². The molecule has 2 N–H and O–H groups in total. The average Bonchev–Trinajstić information content (AvgIpc) is 2.53. The predicted molar refractivity (Wildman–Crippen MR) is 88.5 cm³/mol. The monoisotopic (exact) mass is 332 g/mol. The number of carbonyl (C=O) groups is 1. The number of H-pyrrole nitrogens is 1. The van der Waals surface area contributed by atoms with Crippen LogP contribution in [0.15, 0.2) is 29.2 Å². The van der Waals surface area contributed by atoms with Gasteiger partial charge in [0.25, 0.3) is 5.56 Å². The molecule has 0 saturated heterocycles. The lowest BCUT2D eigenvalue weighted by Gasteiger charge is -2.23. The minimum atomic E-state index is -1.12. The number of esters is 1. The molecule has 0 radical (unpaired) electrons. The fraction of sp³-hybridized carbons (Fsp3) is 0.375. The summed E-state index contributed by atoms with van der Waals surface area (Å²) in [4.78, 5) is 27.7. The Hall–Kier alpha value is -2.90. The van der Waals surface area contributed by atoms with Gasteiger partial charge in [-0.15, -0.1) is 0 Å². The van der Waals surface area contributed by atoms with Gasteiger partial charge in [-0.25, -0.2) is 14.9 Å². The van der Waals surface area contributed by atoms with Crippen LogP contribution in [-0.2, 0) is 9.53 Å². The van der Waals surface area contributed by atoms with Gasteiger partial charge in [0.15, 0.2) is 5.60 Å². The molecule has 24 heavy (non-hydrogen) atoms. The van der Waals surface area contributed by atoms with Crippen molar-refractivity contribution >= 4 is 17.5 Å². The summed E-state index contributed by atoms with van der Waals surface area (Å²) in [5.74, 6) is 0.428. The number of hydrogen-bond acceptors (Lipinski definition) is 7. The molecule has 128 valence electrons. The van der Waals surface area contributed by atoms with E-state index >= 15 is 0 Å². The van der Waals surface area contributed by atoms with Crippen molar-refractivity contribution in [2.24, 2.45) is 0 Å². The largest absolute Gasteiger partial charge is 0.475 e. The van der Waals surface area contributed by atoms with E-state index in [1.807, 2.05) is 0 Å². The van der Waals surface area contributed by atoms with E-state index in [-0.39, 0.29) is 12.2 Å². The molecule has 0 atom stereocenters. The molecule has 0 bridgehead atoms. The first-order valence-corrected chi connectivity index (χ1v) is 7.47. The third-order valence-electron chi connectivity index (χ3n) is 3.07. The van der Waals surface area contributed by atoms with Crippen molar-refractivity contribution in [2.45, 2.75) is 33.3 Å². The molecule has 0 unspecified atom stereocenters. The third-order valence-corrected chi connectivity index (χ3v) is 3.07. The van der Waals surface area contributed by atoms with Crippen LogP contribution < -0.4 is 15.6 Å². The lowest BCUT2D eigenvalue weighted by molar-refractivity contribution is -0.158. The van der Waals surface area contributed by atoms with Crippen molar-refractivity contribution in [3.63, 3.8) is 0 Å². The molecule has 2 aromatic heterocycles. The third kappa shape index (κ3) is 4.31. The number of ether oxygens (including phenoxy) is 2. The zero-order valence-electron chi connectivity index (χ0n) is 14.0. The van der Waals surface area contributed by atoms with E-state index in [4.69, 9.17) is 9.47 Å². The van der Waals surface area contributed by atoms with E-state index < -0.39 is 11.6 Å². The summed E-state index contributed by atoms with van der Waals surface area (Å²) in [6, 6.07) is 4.92. The SMILES string of the molecule is CCOC(=O)C(C)(C)Oc1ccc(Nc2cc(C)n[nH]c2=O)nc1. The molecule has 0 aliphatic carbocycles. The van der Waals surface area contributed by atoms with Crippen molar-refractivity contribution in [2.75, 3.05) is 11.9 Å².